The number of rotatable bonds is 5. The van der Waals surface area contributed by atoms with Crippen LogP contribution in [0.4, 0.5) is 0 Å². The van der Waals surface area contributed by atoms with Crippen LogP contribution in [0.25, 0.3) is 0 Å². The fourth-order valence-corrected chi connectivity index (χ4v) is 2.73. The van der Waals surface area contributed by atoms with Crippen LogP contribution < -0.4 is 10.6 Å². The average Bonchev–Trinajstić information content (AvgIpc) is 2.87. The Labute approximate surface area is 120 Å². The van der Waals surface area contributed by atoms with Gasteiger partial charge in [-0.1, -0.05) is 0 Å². The molecule has 1 aliphatic rings. The molecule has 0 bridgehead atoms. The van der Waals surface area contributed by atoms with E-state index < -0.39 is 5.41 Å². The summed E-state index contributed by atoms with van der Waals surface area (Å²) in [6.07, 6.45) is 1.60. The van der Waals surface area contributed by atoms with Crippen molar-refractivity contribution in [2.45, 2.75) is 32.7 Å². The number of amides is 1. The number of hydrogen-bond donors (Lipinski definition) is 2. The fraction of sp³-hybridized carbons (Fsp3) is 0.667. The van der Waals surface area contributed by atoms with Crippen LogP contribution in [0.15, 0.2) is 16.5 Å². The van der Waals surface area contributed by atoms with Gasteiger partial charge in [0, 0.05) is 7.11 Å². The molecule has 0 aromatic carbocycles. The van der Waals surface area contributed by atoms with Crippen LogP contribution in [0.5, 0.6) is 0 Å². The summed E-state index contributed by atoms with van der Waals surface area (Å²) in [5.74, 6) is 1.70. The number of piperidine rings is 1. The van der Waals surface area contributed by atoms with Gasteiger partial charge in [0.05, 0.1) is 18.1 Å². The van der Waals surface area contributed by atoms with Crippen molar-refractivity contribution in [1.29, 1.82) is 0 Å². The monoisotopic (exact) mass is 280 g/mol. The minimum Gasteiger partial charge on any atom is -0.464 e. The number of carbonyl (C=O) groups is 1. The molecule has 1 saturated heterocycles. The maximum atomic E-state index is 12.6. The second-order valence-electron chi connectivity index (χ2n) is 5.61. The molecule has 112 valence electrons. The number of carbonyl (C=O) groups excluding carboxylic acids is 1. The van der Waals surface area contributed by atoms with Gasteiger partial charge in [-0.05, 0) is 51.9 Å². The zero-order valence-electron chi connectivity index (χ0n) is 12.5. The molecule has 0 radical (unpaired) electrons. The van der Waals surface area contributed by atoms with E-state index in [4.69, 9.17) is 9.15 Å². The van der Waals surface area contributed by atoms with Gasteiger partial charge in [-0.3, -0.25) is 4.79 Å². The Morgan fingerprint density at radius 1 is 1.50 bits per heavy atom. The maximum Gasteiger partial charge on any atom is 0.229 e. The molecule has 2 heterocycles. The summed E-state index contributed by atoms with van der Waals surface area (Å²) in [6.45, 7) is 6.01. The molecule has 5 nitrogen and oxygen atoms in total. The van der Waals surface area contributed by atoms with E-state index in [0.717, 1.165) is 37.5 Å². The van der Waals surface area contributed by atoms with Crippen LogP contribution in [0.2, 0.25) is 0 Å². The lowest BCUT2D eigenvalue weighted by Gasteiger charge is -2.36. The molecule has 20 heavy (non-hydrogen) atoms. The number of methoxy groups -OCH3 is 1. The molecule has 1 unspecified atom stereocenters. The largest absolute Gasteiger partial charge is 0.464 e. The molecule has 1 atom stereocenters. The minimum atomic E-state index is -0.421. The van der Waals surface area contributed by atoms with E-state index in [2.05, 4.69) is 10.6 Å². The number of aryl methyl sites for hydroxylation is 1. The second kappa shape index (κ2) is 6.41. The molecule has 2 rings (SSSR count). The van der Waals surface area contributed by atoms with E-state index in [0.29, 0.717) is 6.61 Å². The van der Waals surface area contributed by atoms with Gasteiger partial charge in [-0.25, -0.2) is 0 Å². The van der Waals surface area contributed by atoms with E-state index in [1.165, 1.54) is 0 Å². The van der Waals surface area contributed by atoms with Crippen molar-refractivity contribution in [1.82, 2.24) is 10.6 Å². The van der Waals surface area contributed by atoms with Gasteiger partial charge >= 0.3 is 0 Å². The molecule has 0 spiro atoms. The molecule has 1 fully saturated rings. The lowest BCUT2D eigenvalue weighted by Crippen LogP contribution is -2.50. The van der Waals surface area contributed by atoms with E-state index in [1.807, 2.05) is 26.0 Å². The first kappa shape index (κ1) is 15.1. The van der Waals surface area contributed by atoms with Crippen LogP contribution in [0.3, 0.4) is 0 Å². The molecule has 0 saturated carbocycles. The summed E-state index contributed by atoms with van der Waals surface area (Å²) in [6, 6.07) is 3.69. The quantitative estimate of drug-likeness (QED) is 0.863. The summed E-state index contributed by atoms with van der Waals surface area (Å²) >= 11 is 0. The molecule has 1 aliphatic heterocycles. The van der Waals surface area contributed by atoms with Crippen molar-refractivity contribution < 1.29 is 13.9 Å². The maximum absolute atomic E-state index is 12.6. The van der Waals surface area contributed by atoms with Crippen LogP contribution in [0, 0.1) is 12.3 Å². The number of hydrogen-bond acceptors (Lipinski definition) is 4. The van der Waals surface area contributed by atoms with Gasteiger partial charge in [0.2, 0.25) is 5.91 Å². The molecule has 5 heteroatoms. The van der Waals surface area contributed by atoms with Crippen LogP contribution in [-0.2, 0) is 9.53 Å². The highest BCUT2D eigenvalue weighted by atomic mass is 16.5. The zero-order valence-corrected chi connectivity index (χ0v) is 12.5. The van der Waals surface area contributed by atoms with Gasteiger partial charge in [0.15, 0.2) is 0 Å². The summed E-state index contributed by atoms with van der Waals surface area (Å²) in [4.78, 5) is 12.6. The number of furan rings is 1. The summed E-state index contributed by atoms with van der Waals surface area (Å²) in [5, 5.41) is 6.35. The van der Waals surface area contributed by atoms with Gasteiger partial charge in [-0.15, -0.1) is 0 Å². The Hall–Kier alpha value is -1.33. The van der Waals surface area contributed by atoms with E-state index in [1.54, 1.807) is 7.11 Å². The van der Waals surface area contributed by atoms with Gasteiger partial charge < -0.3 is 19.8 Å². The predicted octanol–water partition coefficient (Wildman–Crippen LogP) is 1.78. The van der Waals surface area contributed by atoms with E-state index >= 15 is 0 Å². The fourth-order valence-electron chi connectivity index (χ4n) is 2.73. The first-order valence-corrected chi connectivity index (χ1v) is 7.14. The molecule has 0 aliphatic carbocycles. The predicted molar refractivity (Wildman–Crippen MR) is 76.4 cm³/mol. The van der Waals surface area contributed by atoms with Crippen molar-refractivity contribution in [3.8, 4) is 0 Å². The smallest absolute Gasteiger partial charge is 0.229 e. The first-order valence-electron chi connectivity index (χ1n) is 7.14. The molecule has 1 amide bonds. The molecular formula is C15H24N2O3. The Morgan fingerprint density at radius 3 is 2.75 bits per heavy atom. The Kier molecular flexibility index (Phi) is 4.83. The highest BCUT2D eigenvalue weighted by Crippen LogP contribution is 2.30. The van der Waals surface area contributed by atoms with Crippen molar-refractivity contribution in [2.75, 3.05) is 26.8 Å². The van der Waals surface area contributed by atoms with Crippen LogP contribution in [-0.4, -0.2) is 32.7 Å². The molecular weight excluding hydrogens is 256 g/mol. The minimum absolute atomic E-state index is 0.0578. The Balaban J connectivity index is 2.04. The van der Waals surface area contributed by atoms with Gasteiger partial charge in [0.1, 0.15) is 11.5 Å². The van der Waals surface area contributed by atoms with Gasteiger partial charge in [0.25, 0.3) is 0 Å². The van der Waals surface area contributed by atoms with Crippen molar-refractivity contribution in [3.63, 3.8) is 0 Å². The topological polar surface area (TPSA) is 63.5 Å². The normalized spacial score (nSPS) is 19.6. The first-order chi connectivity index (χ1) is 9.57. The highest BCUT2D eigenvalue weighted by Gasteiger charge is 2.40. The van der Waals surface area contributed by atoms with Crippen molar-refractivity contribution in [3.05, 3.63) is 23.7 Å². The second-order valence-corrected chi connectivity index (χ2v) is 5.61. The van der Waals surface area contributed by atoms with E-state index in [-0.39, 0.29) is 11.9 Å². The number of ether oxygens (including phenoxy) is 1. The lowest BCUT2D eigenvalue weighted by atomic mass is 9.78. The third kappa shape index (κ3) is 3.22. The molecule has 1 aromatic rings. The van der Waals surface area contributed by atoms with Crippen LogP contribution in [0.1, 0.15) is 37.3 Å². The molecule has 2 N–H and O–H groups in total. The van der Waals surface area contributed by atoms with Gasteiger partial charge in [-0.2, -0.15) is 0 Å². The van der Waals surface area contributed by atoms with Crippen LogP contribution >= 0.6 is 0 Å². The van der Waals surface area contributed by atoms with E-state index in [9.17, 15) is 4.79 Å². The third-order valence-corrected chi connectivity index (χ3v) is 4.00. The summed E-state index contributed by atoms with van der Waals surface area (Å²) in [7, 11) is 1.65. The Bertz CT molecular complexity index is 444. The Morgan fingerprint density at radius 2 is 2.20 bits per heavy atom. The molecule has 1 aromatic heterocycles. The van der Waals surface area contributed by atoms with Crippen molar-refractivity contribution >= 4 is 5.91 Å². The standard InChI is InChI=1S/C15H24N2O3/c1-11-4-5-13(20-11)12(2)17-14(18)15(10-19-3)6-8-16-9-7-15/h4-5,12,16H,6-10H2,1-3H3,(H,17,18). The highest BCUT2D eigenvalue weighted by molar-refractivity contribution is 5.83. The zero-order chi connectivity index (χ0) is 14.6. The average molecular weight is 280 g/mol. The summed E-state index contributed by atoms with van der Waals surface area (Å²) in [5.41, 5.74) is -0.421. The van der Waals surface area contributed by atoms with Crippen molar-refractivity contribution in [2.24, 2.45) is 5.41 Å². The lowest BCUT2D eigenvalue weighted by molar-refractivity contribution is -0.137. The third-order valence-electron chi connectivity index (χ3n) is 4.00. The number of nitrogens with one attached hydrogen (secondary N) is 2. The summed E-state index contributed by atoms with van der Waals surface area (Å²) < 4.78 is 10.9. The SMILES string of the molecule is COCC1(C(=O)NC(C)c2ccc(C)o2)CCNCC1.